The molecule has 1 saturated heterocycles. The zero-order valence-electron chi connectivity index (χ0n) is 29.9. The Bertz CT molecular complexity index is 1820. The standard InChI is InChI=1S/C37H48IN9O6/c1-41-37(40)42-16-6-9-27-34(51)46-28(19-22-11-13-24-7-3-4-8-25(24)17-22)33(50)43-21-32(49)44-29(20-23-12-14-31(48)26(38)18-23)36(53)47(2)30(10-5-15-39)35(52)45-27/h3-4,7-8,11-14,17-18,27-30,48H,5-6,9-10,15-16,19-21,39H2,1-2H3,(H,43,50)(H,44,49)(H,45,52)(H,46,51)(H3,40,41,42)/t27-,28-,29+,30+/m0/s1. The molecule has 284 valence electrons. The number of nitrogens with two attached hydrogens (primary N) is 2. The molecule has 0 radical (unpaired) electrons. The van der Waals surface area contributed by atoms with Crippen LogP contribution in [0.3, 0.4) is 0 Å². The predicted octanol–water partition coefficient (Wildman–Crippen LogP) is 0.400. The van der Waals surface area contributed by atoms with Gasteiger partial charge in [0.1, 0.15) is 29.9 Å². The molecule has 16 heteroatoms. The number of aliphatic imine (C=N–C) groups is 1. The van der Waals surface area contributed by atoms with Crippen molar-refractivity contribution in [3.8, 4) is 5.75 Å². The van der Waals surface area contributed by atoms with Crippen molar-refractivity contribution in [3.63, 3.8) is 0 Å². The number of guanidine groups is 1. The summed E-state index contributed by atoms with van der Waals surface area (Å²) >= 11 is 1.97. The smallest absolute Gasteiger partial charge is 0.245 e. The number of carbonyl (C=O) groups is 5. The van der Waals surface area contributed by atoms with E-state index < -0.39 is 60.2 Å². The van der Waals surface area contributed by atoms with Crippen molar-refractivity contribution >= 4 is 68.9 Å². The van der Waals surface area contributed by atoms with E-state index in [0.717, 1.165) is 16.3 Å². The summed E-state index contributed by atoms with van der Waals surface area (Å²) in [5.74, 6) is -2.74. The van der Waals surface area contributed by atoms with Crippen LogP contribution in [0.1, 0.15) is 36.8 Å². The molecule has 1 heterocycles. The molecule has 4 atom stereocenters. The Morgan fingerprint density at radius 2 is 1.55 bits per heavy atom. The van der Waals surface area contributed by atoms with Gasteiger partial charge in [-0.05, 0) is 88.9 Å². The van der Waals surface area contributed by atoms with Crippen molar-refractivity contribution < 1.29 is 29.1 Å². The third-order valence-corrected chi connectivity index (χ3v) is 9.91. The maximum atomic E-state index is 14.1. The summed E-state index contributed by atoms with van der Waals surface area (Å²) in [6, 6.07) is 13.9. The largest absolute Gasteiger partial charge is 0.507 e. The fourth-order valence-electron chi connectivity index (χ4n) is 6.08. The maximum Gasteiger partial charge on any atom is 0.245 e. The summed E-state index contributed by atoms with van der Waals surface area (Å²) in [7, 11) is 3.00. The number of hydrogen-bond donors (Lipinski definition) is 8. The van der Waals surface area contributed by atoms with Gasteiger partial charge in [-0.3, -0.25) is 29.0 Å². The minimum Gasteiger partial charge on any atom is -0.507 e. The molecular weight excluding hydrogens is 793 g/mol. The van der Waals surface area contributed by atoms with Crippen molar-refractivity contribution in [2.75, 3.05) is 33.7 Å². The van der Waals surface area contributed by atoms with Gasteiger partial charge in [0.2, 0.25) is 29.5 Å². The number of likely N-dealkylation sites (N-methyl/N-ethyl adjacent to an activating group) is 1. The molecular formula is C37H48IN9O6. The van der Waals surface area contributed by atoms with Gasteiger partial charge < -0.3 is 48.1 Å². The van der Waals surface area contributed by atoms with Crippen LogP contribution in [-0.2, 0) is 36.8 Å². The number of hydrogen-bond acceptors (Lipinski definition) is 8. The summed E-state index contributed by atoms with van der Waals surface area (Å²) in [5.41, 5.74) is 13.0. The predicted molar refractivity (Wildman–Crippen MR) is 211 cm³/mol. The average Bonchev–Trinajstić information content (AvgIpc) is 3.15. The van der Waals surface area contributed by atoms with Crippen molar-refractivity contribution in [2.24, 2.45) is 16.5 Å². The van der Waals surface area contributed by atoms with Crippen LogP contribution >= 0.6 is 22.6 Å². The van der Waals surface area contributed by atoms with Gasteiger partial charge in [-0.2, -0.15) is 0 Å². The lowest BCUT2D eigenvalue weighted by Crippen LogP contribution is -2.58. The molecule has 0 unspecified atom stereocenters. The molecule has 15 nitrogen and oxygen atoms in total. The van der Waals surface area contributed by atoms with E-state index in [1.807, 2.05) is 65.1 Å². The minimum atomic E-state index is -1.14. The van der Waals surface area contributed by atoms with Crippen molar-refractivity contribution in [3.05, 3.63) is 75.4 Å². The summed E-state index contributed by atoms with van der Waals surface area (Å²) in [6.07, 6.45) is 1.27. The highest BCUT2D eigenvalue weighted by atomic mass is 127. The van der Waals surface area contributed by atoms with E-state index >= 15 is 0 Å². The Balaban J connectivity index is 1.70. The topological polar surface area (TPSA) is 233 Å². The zero-order valence-corrected chi connectivity index (χ0v) is 32.0. The number of amides is 5. The normalized spacial score (nSPS) is 20.9. The first kappa shape index (κ1) is 40.8. The highest BCUT2D eigenvalue weighted by Crippen LogP contribution is 2.22. The van der Waals surface area contributed by atoms with Gasteiger partial charge >= 0.3 is 0 Å². The van der Waals surface area contributed by atoms with Gasteiger partial charge in [-0.15, -0.1) is 0 Å². The number of nitrogens with one attached hydrogen (secondary N) is 5. The number of phenolic OH excluding ortho intramolecular Hbond substituents is 1. The highest BCUT2D eigenvalue weighted by Gasteiger charge is 2.35. The summed E-state index contributed by atoms with van der Waals surface area (Å²) < 4.78 is 0.553. The zero-order chi connectivity index (χ0) is 38.5. The number of rotatable bonds is 11. The number of fused-ring (bicyclic) bond motifs is 1. The van der Waals surface area contributed by atoms with Crippen LogP contribution in [0.15, 0.2) is 65.7 Å². The van der Waals surface area contributed by atoms with Crippen molar-refractivity contribution in [1.82, 2.24) is 31.5 Å². The molecule has 0 aliphatic carbocycles. The van der Waals surface area contributed by atoms with Gasteiger partial charge in [0.25, 0.3) is 0 Å². The van der Waals surface area contributed by atoms with E-state index in [1.165, 1.54) is 25.1 Å². The third kappa shape index (κ3) is 11.8. The van der Waals surface area contributed by atoms with Crippen LogP contribution < -0.4 is 38.1 Å². The van der Waals surface area contributed by atoms with Gasteiger partial charge in [-0.25, -0.2) is 0 Å². The molecule has 10 N–H and O–H groups in total. The number of benzene rings is 3. The fraction of sp³-hybridized carbons (Fsp3) is 0.405. The lowest BCUT2D eigenvalue weighted by Gasteiger charge is -2.32. The molecule has 4 rings (SSSR count). The van der Waals surface area contributed by atoms with E-state index in [9.17, 15) is 29.1 Å². The Kier molecular flexibility index (Phi) is 15.2. The van der Waals surface area contributed by atoms with E-state index in [4.69, 9.17) is 11.5 Å². The first-order valence-electron chi connectivity index (χ1n) is 17.5. The van der Waals surface area contributed by atoms with Gasteiger partial charge in [0, 0.05) is 33.5 Å². The summed E-state index contributed by atoms with van der Waals surface area (Å²) in [4.78, 5) is 74.4. The summed E-state index contributed by atoms with van der Waals surface area (Å²) in [6.45, 7) is 0.120. The Labute approximate surface area is 322 Å². The quantitative estimate of drug-likeness (QED) is 0.0577. The molecule has 1 aliphatic rings. The molecule has 0 saturated carbocycles. The third-order valence-electron chi connectivity index (χ3n) is 9.04. The summed E-state index contributed by atoms with van der Waals surface area (Å²) in [5, 5.41) is 26.0. The first-order valence-corrected chi connectivity index (χ1v) is 18.5. The lowest BCUT2D eigenvalue weighted by atomic mass is 10.00. The van der Waals surface area contributed by atoms with E-state index in [0.29, 0.717) is 28.5 Å². The lowest BCUT2D eigenvalue weighted by molar-refractivity contribution is -0.142. The second-order valence-corrected chi connectivity index (χ2v) is 14.1. The number of nitrogens with zero attached hydrogens (tertiary/aromatic N) is 2. The highest BCUT2D eigenvalue weighted by molar-refractivity contribution is 14.1. The number of aromatic hydroxyl groups is 1. The maximum absolute atomic E-state index is 14.1. The minimum absolute atomic E-state index is 0.0365. The Morgan fingerprint density at radius 1 is 0.868 bits per heavy atom. The number of carbonyl (C=O) groups excluding carboxylic acids is 5. The van der Waals surface area contributed by atoms with Crippen LogP contribution in [0.4, 0.5) is 0 Å². The molecule has 53 heavy (non-hydrogen) atoms. The van der Waals surface area contributed by atoms with Gasteiger partial charge in [0.15, 0.2) is 5.96 Å². The van der Waals surface area contributed by atoms with Crippen LogP contribution in [0, 0.1) is 3.57 Å². The Morgan fingerprint density at radius 3 is 2.26 bits per heavy atom. The number of phenols is 1. The van der Waals surface area contributed by atoms with Crippen LogP contribution in [-0.4, -0.2) is 103 Å². The average molecular weight is 842 g/mol. The van der Waals surface area contributed by atoms with E-state index in [1.54, 1.807) is 12.1 Å². The Hall–Kier alpha value is -4.97. The molecule has 0 bridgehead atoms. The molecule has 5 amide bonds. The second kappa shape index (κ2) is 19.8. The number of halogens is 1. The molecule has 3 aromatic carbocycles. The molecule has 0 aromatic heterocycles. The van der Waals surface area contributed by atoms with Gasteiger partial charge in [-0.1, -0.05) is 48.5 Å². The van der Waals surface area contributed by atoms with Crippen molar-refractivity contribution in [1.29, 1.82) is 0 Å². The monoisotopic (exact) mass is 841 g/mol. The fourth-order valence-corrected chi connectivity index (χ4v) is 6.66. The SMILES string of the molecule is CN=C(N)NCCC[C@@H]1NC(=O)[C@@H](CCCN)N(C)C(=O)[C@@H](Cc2ccc(O)c(I)c2)NC(=O)CNC(=O)[C@H](Cc2ccc3ccccc3c2)NC1=O. The first-order chi connectivity index (χ1) is 25.4. The van der Waals surface area contributed by atoms with E-state index in [-0.39, 0.29) is 43.9 Å². The van der Waals surface area contributed by atoms with Crippen molar-refractivity contribution in [2.45, 2.75) is 62.7 Å². The van der Waals surface area contributed by atoms with Gasteiger partial charge in [0.05, 0.1) is 10.1 Å². The van der Waals surface area contributed by atoms with Crippen LogP contribution in [0.2, 0.25) is 0 Å². The molecule has 3 aromatic rings. The van der Waals surface area contributed by atoms with E-state index in [2.05, 4.69) is 31.6 Å². The molecule has 1 aliphatic heterocycles. The second-order valence-electron chi connectivity index (χ2n) is 12.9. The molecule has 1 fully saturated rings. The van der Waals surface area contributed by atoms with Crippen LogP contribution in [0.5, 0.6) is 5.75 Å². The van der Waals surface area contributed by atoms with Crippen LogP contribution in [0.25, 0.3) is 10.8 Å². The molecule has 0 spiro atoms.